The fraction of sp³-hybridized carbons (Fsp3) is 0.133. The number of halogens is 1. The molecule has 0 bridgehead atoms. The summed E-state index contributed by atoms with van der Waals surface area (Å²) < 4.78 is 24.1. The number of nitrogens with two attached hydrogens (primary N) is 1. The number of benzene rings is 2. The fourth-order valence-electron chi connectivity index (χ4n) is 1.81. The third kappa shape index (κ3) is 3.22. The molecule has 2 rings (SSSR count). The number of rotatable bonds is 5. The van der Waals surface area contributed by atoms with Gasteiger partial charge >= 0.3 is 5.97 Å². The molecular weight excluding hydrogens is 277 g/mol. The van der Waals surface area contributed by atoms with Crippen LogP contribution in [0.3, 0.4) is 0 Å². The minimum atomic E-state index is -1.16. The topological polar surface area (TPSA) is 81.8 Å². The first-order valence-corrected chi connectivity index (χ1v) is 6.10. The van der Waals surface area contributed by atoms with E-state index in [0.29, 0.717) is 5.75 Å². The number of ether oxygens (including phenoxy) is 2. The number of anilines is 1. The van der Waals surface area contributed by atoms with Gasteiger partial charge in [0.2, 0.25) is 0 Å². The van der Waals surface area contributed by atoms with Crippen molar-refractivity contribution in [2.75, 3.05) is 12.8 Å². The third-order valence-corrected chi connectivity index (χ3v) is 2.91. The van der Waals surface area contributed by atoms with Crippen LogP contribution in [-0.4, -0.2) is 18.2 Å². The SMILES string of the molecule is COc1ccc(COc2c(N)cccc2C(=O)O)c(F)c1. The highest BCUT2D eigenvalue weighted by Gasteiger charge is 2.15. The minimum absolute atomic E-state index is 0.0280. The normalized spacial score (nSPS) is 10.2. The molecule has 2 aromatic carbocycles. The van der Waals surface area contributed by atoms with Gasteiger partial charge < -0.3 is 20.3 Å². The van der Waals surface area contributed by atoms with Gasteiger partial charge in [-0.05, 0) is 24.3 Å². The minimum Gasteiger partial charge on any atom is -0.497 e. The number of carbonyl (C=O) groups is 1. The predicted molar refractivity (Wildman–Crippen MR) is 75.1 cm³/mol. The molecule has 2 aromatic rings. The first-order chi connectivity index (χ1) is 10.0. The van der Waals surface area contributed by atoms with Gasteiger partial charge in [-0.1, -0.05) is 6.07 Å². The molecule has 0 heterocycles. The second-order valence-corrected chi connectivity index (χ2v) is 4.28. The summed E-state index contributed by atoms with van der Waals surface area (Å²) in [7, 11) is 1.44. The van der Waals surface area contributed by atoms with E-state index in [1.54, 1.807) is 6.07 Å². The molecule has 0 fully saturated rings. The first-order valence-electron chi connectivity index (χ1n) is 6.10. The second kappa shape index (κ2) is 6.13. The lowest BCUT2D eigenvalue weighted by atomic mass is 10.1. The average molecular weight is 291 g/mol. The molecule has 0 aromatic heterocycles. The molecule has 0 aliphatic rings. The largest absolute Gasteiger partial charge is 0.497 e. The van der Waals surface area contributed by atoms with Crippen molar-refractivity contribution in [3.63, 3.8) is 0 Å². The number of hydrogen-bond donors (Lipinski definition) is 2. The van der Waals surface area contributed by atoms with E-state index in [2.05, 4.69) is 0 Å². The van der Waals surface area contributed by atoms with Crippen molar-refractivity contribution in [3.05, 3.63) is 53.3 Å². The molecule has 3 N–H and O–H groups in total. The van der Waals surface area contributed by atoms with Crippen molar-refractivity contribution < 1.29 is 23.8 Å². The van der Waals surface area contributed by atoms with E-state index >= 15 is 0 Å². The zero-order valence-corrected chi connectivity index (χ0v) is 11.3. The van der Waals surface area contributed by atoms with Crippen LogP contribution in [0, 0.1) is 5.82 Å². The maximum atomic E-state index is 13.8. The fourth-order valence-corrected chi connectivity index (χ4v) is 1.81. The zero-order chi connectivity index (χ0) is 15.4. The summed E-state index contributed by atoms with van der Waals surface area (Å²) in [6.07, 6.45) is 0. The van der Waals surface area contributed by atoms with E-state index in [4.69, 9.17) is 20.3 Å². The number of para-hydroxylation sites is 1. The molecule has 0 aliphatic heterocycles. The number of hydrogen-bond acceptors (Lipinski definition) is 4. The van der Waals surface area contributed by atoms with Gasteiger partial charge in [0.05, 0.1) is 12.8 Å². The first kappa shape index (κ1) is 14.6. The average Bonchev–Trinajstić information content (AvgIpc) is 2.46. The van der Waals surface area contributed by atoms with Crippen molar-refractivity contribution in [1.29, 1.82) is 0 Å². The van der Waals surface area contributed by atoms with Gasteiger partial charge in [0.1, 0.15) is 23.7 Å². The van der Waals surface area contributed by atoms with E-state index in [0.717, 1.165) is 0 Å². The Bertz CT molecular complexity index is 673. The summed E-state index contributed by atoms with van der Waals surface area (Å²) in [4.78, 5) is 11.1. The molecule has 0 amide bonds. The molecule has 0 aliphatic carbocycles. The van der Waals surface area contributed by atoms with Crippen molar-refractivity contribution >= 4 is 11.7 Å². The monoisotopic (exact) mass is 291 g/mol. The Kier molecular flexibility index (Phi) is 4.27. The van der Waals surface area contributed by atoms with E-state index in [1.165, 1.54) is 37.4 Å². The molecule has 21 heavy (non-hydrogen) atoms. The predicted octanol–water partition coefficient (Wildman–Crippen LogP) is 2.69. The summed E-state index contributed by atoms with van der Waals surface area (Å²) in [5, 5.41) is 9.08. The van der Waals surface area contributed by atoms with Crippen molar-refractivity contribution in [2.24, 2.45) is 0 Å². The maximum Gasteiger partial charge on any atom is 0.339 e. The molecule has 6 heteroatoms. The lowest BCUT2D eigenvalue weighted by Gasteiger charge is -2.12. The van der Waals surface area contributed by atoms with Crippen LogP contribution in [0.5, 0.6) is 11.5 Å². The Hall–Kier alpha value is -2.76. The molecule has 0 saturated heterocycles. The highest BCUT2D eigenvalue weighted by atomic mass is 19.1. The zero-order valence-electron chi connectivity index (χ0n) is 11.3. The van der Waals surface area contributed by atoms with Crippen LogP contribution in [0.1, 0.15) is 15.9 Å². The van der Waals surface area contributed by atoms with E-state index in [1.807, 2.05) is 0 Å². The van der Waals surface area contributed by atoms with Crippen molar-refractivity contribution in [2.45, 2.75) is 6.61 Å². The van der Waals surface area contributed by atoms with Gasteiger partial charge in [-0.15, -0.1) is 0 Å². The van der Waals surface area contributed by atoms with Gasteiger partial charge in [0, 0.05) is 11.6 Å². The smallest absolute Gasteiger partial charge is 0.339 e. The van der Waals surface area contributed by atoms with Crippen molar-refractivity contribution in [1.82, 2.24) is 0 Å². The number of nitrogen functional groups attached to an aromatic ring is 1. The Morgan fingerprint density at radius 2 is 2.10 bits per heavy atom. The summed E-state index contributed by atoms with van der Waals surface area (Å²) in [6, 6.07) is 8.73. The molecule has 0 atom stereocenters. The van der Waals surface area contributed by atoms with Gasteiger partial charge in [-0.3, -0.25) is 0 Å². The number of carboxylic acids is 1. The molecule has 0 unspecified atom stereocenters. The molecule has 0 radical (unpaired) electrons. The molecule has 0 spiro atoms. The van der Waals surface area contributed by atoms with Crippen LogP contribution in [-0.2, 0) is 6.61 Å². The van der Waals surface area contributed by atoms with Crippen LogP contribution in [0.4, 0.5) is 10.1 Å². The second-order valence-electron chi connectivity index (χ2n) is 4.28. The molecule has 0 saturated carbocycles. The van der Waals surface area contributed by atoms with Crippen LogP contribution in [0.15, 0.2) is 36.4 Å². The Balaban J connectivity index is 2.22. The Morgan fingerprint density at radius 1 is 1.33 bits per heavy atom. The van der Waals surface area contributed by atoms with E-state index < -0.39 is 11.8 Å². The summed E-state index contributed by atoms with van der Waals surface area (Å²) in [5.74, 6) is -1.24. The summed E-state index contributed by atoms with van der Waals surface area (Å²) in [5.41, 5.74) is 6.10. The van der Waals surface area contributed by atoms with Crippen molar-refractivity contribution in [3.8, 4) is 11.5 Å². The lowest BCUT2D eigenvalue weighted by Crippen LogP contribution is -2.07. The van der Waals surface area contributed by atoms with Gasteiger partial charge in [-0.25, -0.2) is 9.18 Å². The van der Waals surface area contributed by atoms with Crippen LogP contribution in [0.25, 0.3) is 0 Å². The Labute approximate surface area is 120 Å². The van der Waals surface area contributed by atoms with E-state index in [-0.39, 0.29) is 29.2 Å². The van der Waals surface area contributed by atoms with Gasteiger partial charge in [0.25, 0.3) is 0 Å². The quantitative estimate of drug-likeness (QED) is 0.828. The molecular formula is C15H14FNO4. The van der Waals surface area contributed by atoms with Crippen LogP contribution in [0.2, 0.25) is 0 Å². The van der Waals surface area contributed by atoms with Crippen LogP contribution < -0.4 is 15.2 Å². The van der Waals surface area contributed by atoms with Crippen LogP contribution >= 0.6 is 0 Å². The standard InChI is InChI=1S/C15H14FNO4/c1-20-10-6-5-9(12(16)7-10)8-21-14-11(15(18)19)3-2-4-13(14)17/h2-7H,8,17H2,1H3,(H,18,19). The summed E-state index contributed by atoms with van der Waals surface area (Å²) >= 11 is 0. The lowest BCUT2D eigenvalue weighted by molar-refractivity contribution is 0.0692. The highest BCUT2D eigenvalue weighted by molar-refractivity contribution is 5.93. The third-order valence-electron chi connectivity index (χ3n) is 2.91. The number of aromatic carboxylic acids is 1. The maximum absolute atomic E-state index is 13.8. The highest BCUT2D eigenvalue weighted by Crippen LogP contribution is 2.28. The Morgan fingerprint density at radius 3 is 2.71 bits per heavy atom. The number of methoxy groups -OCH3 is 1. The van der Waals surface area contributed by atoms with Gasteiger partial charge in [-0.2, -0.15) is 0 Å². The number of carboxylic acid groups (broad SMARTS) is 1. The van der Waals surface area contributed by atoms with E-state index in [9.17, 15) is 9.18 Å². The summed E-state index contributed by atoms with van der Waals surface area (Å²) in [6.45, 7) is -0.135. The molecule has 110 valence electrons. The molecule has 5 nitrogen and oxygen atoms in total. The van der Waals surface area contributed by atoms with Gasteiger partial charge in [0.15, 0.2) is 5.75 Å².